The van der Waals surface area contributed by atoms with Crippen LogP contribution >= 0.6 is 11.6 Å². The molecule has 4 nitrogen and oxygen atoms in total. The van der Waals surface area contributed by atoms with Gasteiger partial charge in [0.15, 0.2) is 0 Å². The molecule has 1 atom stereocenters. The first-order valence-corrected chi connectivity index (χ1v) is 3.49. The molecule has 0 fully saturated rings. The third kappa shape index (κ3) is 3.97. The van der Waals surface area contributed by atoms with Crippen LogP contribution in [0.15, 0.2) is 0 Å². The fraction of sp³-hybridized carbons (Fsp3) is 0.600. The summed E-state index contributed by atoms with van der Waals surface area (Å²) in [6.45, 7) is 0. The van der Waals surface area contributed by atoms with Crippen molar-refractivity contribution >= 4 is 23.5 Å². The Morgan fingerprint density at radius 3 is 2.15 bits per heavy atom. The lowest BCUT2D eigenvalue weighted by Gasteiger charge is -2.12. The van der Waals surface area contributed by atoms with Crippen molar-refractivity contribution in [3.05, 3.63) is 0 Å². The molecule has 0 aliphatic rings. The van der Waals surface area contributed by atoms with Crippen LogP contribution in [0.2, 0.25) is 0 Å². The second-order valence-corrected chi connectivity index (χ2v) is 2.32. The number of aliphatic carboxylic acids is 1. The summed E-state index contributed by atoms with van der Waals surface area (Å²) in [4.78, 5) is 20.3. The van der Waals surface area contributed by atoms with Crippen molar-refractivity contribution in [3.63, 3.8) is 0 Å². The molecular weight excluding hydrogens is 215 g/mol. The lowest BCUT2D eigenvalue weighted by atomic mass is 10.3. The van der Waals surface area contributed by atoms with Gasteiger partial charge in [0.05, 0.1) is 5.88 Å². The third-order valence-corrected chi connectivity index (χ3v) is 1.32. The Balaban J connectivity index is 4.26. The first-order valence-electron chi connectivity index (χ1n) is 2.95. The lowest BCUT2D eigenvalue weighted by molar-refractivity contribution is -0.175. The highest BCUT2D eigenvalue weighted by Crippen LogP contribution is 2.14. The van der Waals surface area contributed by atoms with Gasteiger partial charge in [-0.25, -0.2) is 4.79 Å². The predicted octanol–water partition coefficient (Wildman–Crippen LogP) is 0.357. The fourth-order valence-electron chi connectivity index (χ4n) is 0.406. The van der Waals surface area contributed by atoms with E-state index in [1.807, 2.05) is 0 Å². The van der Waals surface area contributed by atoms with Gasteiger partial charge in [-0.2, -0.15) is 13.2 Å². The summed E-state index contributed by atoms with van der Waals surface area (Å²) >= 11 is 4.99. The van der Waals surface area contributed by atoms with E-state index >= 15 is 0 Å². The molecule has 0 saturated heterocycles. The second-order valence-electron chi connectivity index (χ2n) is 2.02. The number of halogens is 4. The van der Waals surface area contributed by atoms with E-state index < -0.39 is 30.0 Å². The highest BCUT2D eigenvalue weighted by Gasteiger charge is 2.40. The maximum atomic E-state index is 11.6. The highest BCUT2D eigenvalue weighted by molar-refractivity contribution is 6.19. The Labute approximate surface area is 75.7 Å². The number of alkyl halides is 4. The van der Waals surface area contributed by atoms with Gasteiger partial charge in [0.25, 0.3) is 0 Å². The van der Waals surface area contributed by atoms with Crippen molar-refractivity contribution in [1.82, 2.24) is 5.32 Å². The van der Waals surface area contributed by atoms with Crippen molar-refractivity contribution in [1.29, 1.82) is 0 Å². The van der Waals surface area contributed by atoms with Gasteiger partial charge in [0, 0.05) is 0 Å². The number of amides is 1. The molecule has 0 saturated carbocycles. The second kappa shape index (κ2) is 4.31. The standard InChI is InChI=1S/C5H5ClF3NO3/c6-1-2(3(11)12)10-4(13)5(7,8)9/h2H,1H2,(H,10,13)(H,11,12)/t2-/m0/s1. The summed E-state index contributed by atoms with van der Waals surface area (Å²) in [5.74, 6) is -4.56. The SMILES string of the molecule is O=C(O)[C@H](CCl)NC(=O)C(F)(F)F. The number of carbonyl (C=O) groups excluding carboxylic acids is 1. The number of rotatable bonds is 3. The molecular formula is C5H5ClF3NO3. The van der Waals surface area contributed by atoms with E-state index in [4.69, 9.17) is 16.7 Å². The molecule has 0 rings (SSSR count). The zero-order chi connectivity index (χ0) is 10.6. The van der Waals surface area contributed by atoms with E-state index in [0.717, 1.165) is 0 Å². The Hall–Kier alpha value is -0.980. The minimum atomic E-state index is -5.10. The van der Waals surface area contributed by atoms with Gasteiger partial charge in [-0.15, -0.1) is 11.6 Å². The highest BCUT2D eigenvalue weighted by atomic mass is 35.5. The maximum Gasteiger partial charge on any atom is 0.471 e. The molecule has 0 aromatic carbocycles. The molecule has 0 aromatic heterocycles. The molecule has 0 aliphatic heterocycles. The van der Waals surface area contributed by atoms with Crippen LogP contribution in [0.5, 0.6) is 0 Å². The smallest absolute Gasteiger partial charge is 0.471 e. The summed E-state index contributed by atoms with van der Waals surface area (Å²) in [7, 11) is 0. The van der Waals surface area contributed by atoms with Gasteiger partial charge in [-0.3, -0.25) is 4.79 Å². The molecule has 0 spiro atoms. The molecule has 0 heterocycles. The Morgan fingerprint density at radius 2 is 1.92 bits per heavy atom. The normalized spacial score (nSPS) is 13.5. The van der Waals surface area contributed by atoms with Crippen molar-refractivity contribution < 1.29 is 27.9 Å². The lowest BCUT2D eigenvalue weighted by Crippen LogP contribution is -2.47. The van der Waals surface area contributed by atoms with Crippen LogP contribution < -0.4 is 5.32 Å². The van der Waals surface area contributed by atoms with Crippen molar-refractivity contribution in [3.8, 4) is 0 Å². The van der Waals surface area contributed by atoms with Crippen LogP contribution in [0.4, 0.5) is 13.2 Å². The van der Waals surface area contributed by atoms with Crippen molar-refractivity contribution in [2.24, 2.45) is 0 Å². The molecule has 1 amide bonds. The van der Waals surface area contributed by atoms with Crippen LogP contribution in [-0.2, 0) is 9.59 Å². The quantitative estimate of drug-likeness (QED) is 0.674. The van der Waals surface area contributed by atoms with Crippen LogP contribution in [0, 0.1) is 0 Å². The van der Waals surface area contributed by atoms with E-state index in [0.29, 0.717) is 0 Å². The van der Waals surface area contributed by atoms with E-state index in [2.05, 4.69) is 0 Å². The maximum absolute atomic E-state index is 11.6. The van der Waals surface area contributed by atoms with Gasteiger partial charge < -0.3 is 10.4 Å². The van der Waals surface area contributed by atoms with Crippen LogP contribution in [-0.4, -0.2) is 35.1 Å². The fourth-order valence-corrected chi connectivity index (χ4v) is 0.616. The first-order chi connectivity index (χ1) is 5.79. The zero-order valence-electron chi connectivity index (χ0n) is 6.06. The van der Waals surface area contributed by atoms with E-state index in [9.17, 15) is 22.8 Å². The van der Waals surface area contributed by atoms with E-state index in [1.165, 1.54) is 5.32 Å². The summed E-state index contributed by atoms with van der Waals surface area (Å²) in [5.41, 5.74) is 0. The van der Waals surface area contributed by atoms with Crippen LogP contribution in [0.3, 0.4) is 0 Å². The van der Waals surface area contributed by atoms with Gasteiger partial charge in [0.2, 0.25) is 0 Å². The van der Waals surface area contributed by atoms with Gasteiger partial charge in [0.1, 0.15) is 6.04 Å². The molecule has 0 unspecified atom stereocenters. The molecule has 76 valence electrons. The topological polar surface area (TPSA) is 66.4 Å². The summed E-state index contributed by atoms with van der Waals surface area (Å²) in [5, 5.41) is 9.43. The molecule has 0 radical (unpaired) electrons. The minimum absolute atomic E-state index is 0.628. The number of carbonyl (C=O) groups is 2. The third-order valence-electron chi connectivity index (χ3n) is 1.02. The molecule has 0 bridgehead atoms. The largest absolute Gasteiger partial charge is 0.480 e. The summed E-state index contributed by atoms with van der Waals surface area (Å²) < 4.78 is 34.7. The molecule has 0 aromatic rings. The van der Waals surface area contributed by atoms with Crippen LogP contribution in [0.25, 0.3) is 0 Å². The Morgan fingerprint density at radius 1 is 1.46 bits per heavy atom. The number of hydrogen-bond acceptors (Lipinski definition) is 2. The number of nitrogens with one attached hydrogen (secondary N) is 1. The monoisotopic (exact) mass is 219 g/mol. The molecule has 13 heavy (non-hydrogen) atoms. The van der Waals surface area contributed by atoms with E-state index in [-0.39, 0.29) is 0 Å². The van der Waals surface area contributed by atoms with Crippen LogP contribution in [0.1, 0.15) is 0 Å². The summed E-state index contributed by atoms with van der Waals surface area (Å²) in [6.07, 6.45) is -5.10. The summed E-state index contributed by atoms with van der Waals surface area (Å²) in [6, 6.07) is -1.73. The van der Waals surface area contributed by atoms with Crippen molar-refractivity contribution in [2.75, 3.05) is 5.88 Å². The average Bonchev–Trinajstić information content (AvgIpc) is 1.96. The Bertz CT molecular complexity index is 218. The zero-order valence-corrected chi connectivity index (χ0v) is 6.82. The number of carboxylic acids is 1. The predicted molar refractivity (Wildman–Crippen MR) is 36.3 cm³/mol. The molecule has 8 heteroatoms. The number of carboxylic acid groups (broad SMARTS) is 1. The van der Waals surface area contributed by atoms with Gasteiger partial charge in [-0.1, -0.05) is 0 Å². The van der Waals surface area contributed by atoms with Gasteiger partial charge >= 0.3 is 18.1 Å². The van der Waals surface area contributed by atoms with E-state index in [1.54, 1.807) is 0 Å². The van der Waals surface area contributed by atoms with Crippen molar-refractivity contribution in [2.45, 2.75) is 12.2 Å². The van der Waals surface area contributed by atoms with Gasteiger partial charge in [-0.05, 0) is 0 Å². The molecule has 0 aliphatic carbocycles. The molecule has 2 N–H and O–H groups in total. The first kappa shape index (κ1) is 12.0. The minimum Gasteiger partial charge on any atom is -0.480 e. The average molecular weight is 220 g/mol. The number of hydrogen-bond donors (Lipinski definition) is 2. The Kier molecular flexibility index (Phi) is 3.99.